The Bertz CT molecular complexity index is 3000. The van der Waals surface area contributed by atoms with Gasteiger partial charge in [0.2, 0.25) is 0 Å². The molecule has 0 radical (unpaired) electrons. The highest BCUT2D eigenvalue weighted by molar-refractivity contribution is 5.92. The van der Waals surface area contributed by atoms with Gasteiger partial charge in [0.05, 0.1) is 5.56 Å². The molecule has 9 aromatic carbocycles. The summed E-state index contributed by atoms with van der Waals surface area (Å²) in [5, 5.41) is 9.89. The van der Waals surface area contributed by atoms with Gasteiger partial charge >= 0.3 is 5.97 Å². The first-order valence-corrected chi connectivity index (χ1v) is 22.6. The number of carboxylic acid groups (broad SMARTS) is 1. The van der Waals surface area contributed by atoms with Crippen LogP contribution < -0.4 is 14.7 Å². The molecule has 5 heteroatoms. The predicted octanol–water partition coefficient (Wildman–Crippen LogP) is 16.4. The minimum atomic E-state index is -0.947. The molecule has 0 unspecified atom stereocenters. The van der Waals surface area contributed by atoms with Gasteiger partial charge in [-0.2, -0.15) is 0 Å². The Hall–Kier alpha value is -8.15. The smallest absolute Gasteiger partial charge is 0.335 e. The zero-order chi connectivity index (χ0) is 45.2. The van der Waals surface area contributed by atoms with Crippen molar-refractivity contribution >= 4 is 57.2 Å². The Labute approximate surface area is 387 Å². The van der Waals surface area contributed by atoms with Gasteiger partial charge in [-0.15, -0.1) is 0 Å². The van der Waals surface area contributed by atoms with Crippen LogP contribution in [0.1, 0.15) is 60.3 Å². The van der Waals surface area contributed by atoms with Crippen LogP contribution in [0.5, 0.6) is 0 Å². The highest BCUT2D eigenvalue weighted by Crippen LogP contribution is 2.55. The van der Waals surface area contributed by atoms with Gasteiger partial charge in [-0.3, -0.25) is 0 Å². The van der Waals surface area contributed by atoms with Crippen LogP contribution in [0.3, 0.4) is 0 Å². The van der Waals surface area contributed by atoms with Crippen LogP contribution in [0.25, 0.3) is 22.3 Å². The third-order valence-corrected chi connectivity index (χ3v) is 13.7. The molecule has 2 aliphatic carbocycles. The van der Waals surface area contributed by atoms with E-state index in [1.165, 1.54) is 44.5 Å². The molecule has 0 atom stereocenters. The number of hydrogen-bond acceptors (Lipinski definition) is 4. The van der Waals surface area contributed by atoms with Crippen LogP contribution >= 0.6 is 0 Å². The van der Waals surface area contributed by atoms with Crippen molar-refractivity contribution in [2.45, 2.75) is 38.5 Å². The molecule has 11 rings (SSSR count). The maximum atomic E-state index is 12.1. The Morgan fingerprint density at radius 3 is 0.803 bits per heavy atom. The lowest BCUT2D eigenvalue weighted by Gasteiger charge is -2.30. The number of rotatable bonds is 10. The largest absolute Gasteiger partial charge is 0.478 e. The van der Waals surface area contributed by atoms with E-state index in [1.807, 2.05) is 12.1 Å². The summed E-state index contributed by atoms with van der Waals surface area (Å²) in [6.45, 7) is 9.30. The zero-order valence-electron chi connectivity index (χ0n) is 37.5. The second kappa shape index (κ2) is 15.8. The first kappa shape index (κ1) is 40.6. The summed E-state index contributed by atoms with van der Waals surface area (Å²) in [4.78, 5) is 19.0. The van der Waals surface area contributed by atoms with Gasteiger partial charge in [-0.05, 0) is 166 Å². The van der Waals surface area contributed by atoms with E-state index in [4.69, 9.17) is 0 Å². The predicted molar refractivity (Wildman–Crippen MR) is 273 cm³/mol. The lowest BCUT2D eigenvalue weighted by atomic mass is 9.81. The van der Waals surface area contributed by atoms with Gasteiger partial charge in [0.1, 0.15) is 0 Å². The highest BCUT2D eigenvalue weighted by Gasteiger charge is 2.39. The van der Waals surface area contributed by atoms with E-state index in [0.717, 1.165) is 51.2 Å². The van der Waals surface area contributed by atoms with Gasteiger partial charge in [-0.1, -0.05) is 125 Å². The van der Waals surface area contributed by atoms with Crippen molar-refractivity contribution in [3.05, 3.63) is 246 Å². The second-order valence-electron chi connectivity index (χ2n) is 18.4. The van der Waals surface area contributed by atoms with Crippen molar-refractivity contribution in [2.75, 3.05) is 14.7 Å². The lowest BCUT2D eigenvalue weighted by Crippen LogP contribution is -2.18. The minimum absolute atomic E-state index is 0.251. The average molecular weight is 856 g/mol. The molecule has 0 heterocycles. The summed E-state index contributed by atoms with van der Waals surface area (Å²) in [7, 11) is 0. The van der Waals surface area contributed by atoms with Gasteiger partial charge in [0.15, 0.2) is 0 Å². The fourth-order valence-corrected chi connectivity index (χ4v) is 10.4. The number of anilines is 9. The number of fused-ring (bicyclic) bond motifs is 6. The number of carbonyl (C=O) groups is 1. The normalized spacial score (nSPS) is 13.5. The molecule has 0 amide bonds. The van der Waals surface area contributed by atoms with Crippen molar-refractivity contribution in [1.29, 1.82) is 0 Å². The Kier molecular flexibility index (Phi) is 9.74. The van der Waals surface area contributed by atoms with Gasteiger partial charge in [-0.25, -0.2) is 4.79 Å². The van der Waals surface area contributed by atoms with Crippen LogP contribution in [0.15, 0.2) is 218 Å². The standard InChI is InChI=1S/C61H49N3O2/c1-60(2)55-37-47(62(42-17-9-5-10-18-42)43-19-11-6-12-20-43)29-33-51(55)53-35-31-49(39-57(53)60)64(46-27-25-41(26-28-46)59(65)66)50-32-36-54-52-34-30-48(38-56(52)61(3,4)58(54)40-50)63(44-21-13-7-14-22-44)45-23-15-8-16-24-45/h5-40H,1-4H3,(H,65,66). The molecule has 2 aliphatic rings. The summed E-state index contributed by atoms with van der Waals surface area (Å²) in [5.41, 5.74) is 19.1. The third kappa shape index (κ3) is 6.74. The Balaban J connectivity index is 0.998. The van der Waals surface area contributed by atoms with Crippen molar-refractivity contribution in [3.8, 4) is 22.3 Å². The molecule has 0 spiro atoms. The number of carboxylic acids is 1. The van der Waals surface area contributed by atoms with E-state index >= 15 is 0 Å². The zero-order valence-corrected chi connectivity index (χ0v) is 37.5. The Morgan fingerprint density at radius 1 is 0.318 bits per heavy atom. The van der Waals surface area contributed by atoms with E-state index in [0.29, 0.717) is 0 Å². The van der Waals surface area contributed by atoms with Crippen LogP contribution in [0.4, 0.5) is 51.2 Å². The molecule has 0 aromatic heterocycles. The maximum absolute atomic E-state index is 12.1. The average Bonchev–Trinajstić information content (AvgIpc) is 3.71. The molecule has 0 saturated carbocycles. The number of para-hydroxylation sites is 4. The molecule has 0 fully saturated rings. The highest BCUT2D eigenvalue weighted by atomic mass is 16.4. The van der Waals surface area contributed by atoms with Crippen LogP contribution in [0, 0.1) is 0 Å². The topological polar surface area (TPSA) is 47.0 Å². The van der Waals surface area contributed by atoms with E-state index in [1.54, 1.807) is 12.1 Å². The maximum Gasteiger partial charge on any atom is 0.335 e. The molecular weight excluding hydrogens is 807 g/mol. The summed E-state index contributed by atoms with van der Waals surface area (Å²) in [5.74, 6) is -0.947. The third-order valence-electron chi connectivity index (χ3n) is 13.7. The van der Waals surface area contributed by atoms with Crippen LogP contribution in [-0.4, -0.2) is 11.1 Å². The van der Waals surface area contributed by atoms with Crippen LogP contribution in [-0.2, 0) is 10.8 Å². The van der Waals surface area contributed by atoms with E-state index in [-0.39, 0.29) is 16.4 Å². The van der Waals surface area contributed by atoms with E-state index in [9.17, 15) is 9.90 Å². The Morgan fingerprint density at radius 2 is 0.545 bits per heavy atom. The summed E-state index contributed by atoms with van der Waals surface area (Å²) < 4.78 is 0. The minimum Gasteiger partial charge on any atom is -0.478 e. The SMILES string of the molecule is CC1(C)c2cc(N(c3ccccc3)c3ccccc3)ccc2-c2ccc(N(c3ccc(C(=O)O)cc3)c3ccc4c(c3)C(C)(C)c3cc(N(c5ccccc5)c5ccccc5)ccc3-4)cc21. The molecule has 66 heavy (non-hydrogen) atoms. The summed E-state index contributed by atoms with van der Waals surface area (Å²) in [6, 6.07) is 76.8. The van der Waals surface area contributed by atoms with E-state index < -0.39 is 5.97 Å². The summed E-state index contributed by atoms with van der Waals surface area (Å²) in [6.07, 6.45) is 0. The molecule has 320 valence electrons. The molecule has 5 nitrogen and oxygen atoms in total. The van der Waals surface area contributed by atoms with Crippen molar-refractivity contribution in [2.24, 2.45) is 0 Å². The molecule has 0 bridgehead atoms. The fraction of sp³-hybridized carbons (Fsp3) is 0.0984. The lowest BCUT2D eigenvalue weighted by molar-refractivity contribution is 0.0697. The number of nitrogens with zero attached hydrogens (tertiary/aromatic N) is 3. The number of aromatic carboxylic acids is 1. The van der Waals surface area contributed by atoms with Crippen molar-refractivity contribution < 1.29 is 9.90 Å². The molecular formula is C61H49N3O2. The molecule has 0 saturated heterocycles. The number of hydrogen-bond donors (Lipinski definition) is 1. The molecule has 0 aliphatic heterocycles. The van der Waals surface area contributed by atoms with Gasteiger partial charge in [0, 0.05) is 62.0 Å². The van der Waals surface area contributed by atoms with Crippen LogP contribution in [0.2, 0.25) is 0 Å². The van der Waals surface area contributed by atoms with Gasteiger partial charge in [0.25, 0.3) is 0 Å². The van der Waals surface area contributed by atoms with E-state index in [2.05, 4.69) is 237 Å². The second-order valence-corrected chi connectivity index (χ2v) is 18.4. The summed E-state index contributed by atoms with van der Waals surface area (Å²) >= 11 is 0. The van der Waals surface area contributed by atoms with Gasteiger partial charge < -0.3 is 19.8 Å². The molecule has 1 N–H and O–H groups in total. The number of benzene rings is 9. The monoisotopic (exact) mass is 855 g/mol. The van der Waals surface area contributed by atoms with Crippen molar-refractivity contribution in [3.63, 3.8) is 0 Å². The first-order valence-electron chi connectivity index (χ1n) is 22.6. The fourth-order valence-electron chi connectivity index (χ4n) is 10.4. The quantitative estimate of drug-likeness (QED) is 0.148. The molecule has 9 aromatic rings. The first-order chi connectivity index (χ1) is 32.1. The van der Waals surface area contributed by atoms with Crippen molar-refractivity contribution in [1.82, 2.24) is 0 Å².